The van der Waals surface area contributed by atoms with Crippen molar-refractivity contribution in [2.75, 3.05) is 0 Å². The van der Waals surface area contributed by atoms with E-state index in [9.17, 15) is 0 Å². The Balaban J connectivity index is 2.44. The van der Waals surface area contributed by atoms with Crippen LogP contribution in [0.5, 0.6) is 0 Å². The summed E-state index contributed by atoms with van der Waals surface area (Å²) in [6.45, 7) is 4.10. The van der Waals surface area contributed by atoms with E-state index in [1.165, 1.54) is 4.88 Å². The highest BCUT2D eigenvalue weighted by Crippen LogP contribution is 2.30. The normalized spacial score (nSPS) is 12.7. The lowest BCUT2D eigenvalue weighted by Gasteiger charge is -2.01. The minimum absolute atomic E-state index is 0.0462. The fourth-order valence-electron chi connectivity index (χ4n) is 1.57. The van der Waals surface area contributed by atoms with E-state index in [2.05, 4.69) is 16.9 Å². The van der Waals surface area contributed by atoms with Gasteiger partial charge in [0.05, 0.1) is 11.4 Å². The molecule has 0 aliphatic carbocycles. The van der Waals surface area contributed by atoms with E-state index >= 15 is 0 Å². The second kappa shape index (κ2) is 4.72. The zero-order chi connectivity index (χ0) is 11.5. The van der Waals surface area contributed by atoms with Crippen molar-refractivity contribution < 1.29 is 0 Å². The number of hydrogen-bond donors (Lipinski definition) is 1. The van der Waals surface area contributed by atoms with Crippen LogP contribution in [0.1, 0.15) is 30.5 Å². The van der Waals surface area contributed by atoms with Crippen molar-refractivity contribution in [3.63, 3.8) is 0 Å². The third kappa shape index (κ3) is 2.13. The number of thiazole rings is 1. The summed E-state index contributed by atoms with van der Waals surface area (Å²) in [7, 11) is 0. The van der Waals surface area contributed by atoms with E-state index in [0.29, 0.717) is 0 Å². The molecule has 0 amide bonds. The van der Waals surface area contributed by atoms with Gasteiger partial charge >= 0.3 is 0 Å². The number of nitrogens with two attached hydrogens (primary N) is 1. The zero-order valence-electron chi connectivity index (χ0n) is 9.47. The van der Waals surface area contributed by atoms with E-state index in [1.54, 1.807) is 17.5 Å². The second-order valence-corrected chi connectivity index (χ2v) is 4.72. The number of rotatable bonds is 3. The molecule has 84 valence electrons. The molecule has 2 rings (SSSR count). The predicted octanol–water partition coefficient (Wildman–Crippen LogP) is 2.79. The Morgan fingerprint density at radius 3 is 2.75 bits per heavy atom. The van der Waals surface area contributed by atoms with Crippen LogP contribution in [-0.4, -0.2) is 9.97 Å². The lowest BCUT2D eigenvalue weighted by molar-refractivity contribution is 0.814. The molecule has 2 aromatic heterocycles. The monoisotopic (exact) mass is 233 g/mol. The predicted molar refractivity (Wildman–Crippen MR) is 67.3 cm³/mol. The maximum Gasteiger partial charge on any atom is 0.142 e. The van der Waals surface area contributed by atoms with Crippen molar-refractivity contribution in [3.8, 4) is 10.7 Å². The first-order chi connectivity index (χ1) is 7.72. The molecule has 4 heteroatoms. The zero-order valence-corrected chi connectivity index (χ0v) is 10.3. The van der Waals surface area contributed by atoms with Crippen LogP contribution in [0.15, 0.2) is 24.4 Å². The van der Waals surface area contributed by atoms with Crippen LogP contribution in [0.4, 0.5) is 0 Å². The standard InChI is InChI=1S/C12H15N3S/c1-3-9-11(8(2)13)16-12(15-9)10-6-4-5-7-14-10/h4-8H,3,13H2,1-2H3. The van der Waals surface area contributed by atoms with Crippen molar-refractivity contribution in [3.05, 3.63) is 35.0 Å². The Morgan fingerprint density at radius 2 is 2.25 bits per heavy atom. The number of aryl methyl sites for hydroxylation is 1. The molecule has 0 spiro atoms. The Bertz CT molecular complexity index is 462. The molecule has 0 aliphatic heterocycles. The van der Waals surface area contributed by atoms with Crippen molar-refractivity contribution in [1.29, 1.82) is 0 Å². The summed E-state index contributed by atoms with van der Waals surface area (Å²) in [6.07, 6.45) is 2.70. The van der Waals surface area contributed by atoms with Gasteiger partial charge in [0.2, 0.25) is 0 Å². The van der Waals surface area contributed by atoms with Gasteiger partial charge in [0.25, 0.3) is 0 Å². The Hall–Kier alpha value is -1.26. The highest BCUT2D eigenvalue weighted by atomic mass is 32.1. The lowest BCUT2D eigenvalue weighted by Crippen LogP contribution is -2.05. The van der Waals surface area contributed by atoms with Gasteiger partial charge in [-0.05, 0) is 25.5 Å². The van der Waals surface area contributed by atoms with E-state index in [1.807, 2.05) is 25.1 Å². The van der Waals surface area contributed by atoms with Crippen LogP contribution < -0.4 is 5.73 Å². The molecule has 0 bridgehead atoms. The number of pyridine rings is 1. The molecule has 2 aromatic rings. The third-order valence-corrected chi connectivity index (χ3v) is 3.68. The van der Waals surface area contributed by atoms with Gasteiger partial charge in [-0.15, -0.1) is 11.3 Å². The van der Waals surface area contributed by atoms with Crippen LogP contribution >= 0.6 is 11.3 Å². The highest BCUT2D eigenvalue weighted by Gasteiger charge is 2.14. The number of aromatic nitrogens is 2. The van der Waals surface area contributed by atoms with E-state index in [-0.39, 0.29) is 6.04 Å². The average molecular weight is 233 g/mol. The Labute approximate surface area is 99.4 Å². The van der Waals surface area contributed by atoms with Crippen LogP contribution in [0.2, 0.25) is 0 Å². The third-order valence-electron chi connectivity index (χ3n) is 2.36. The van der Waals surface area contributed by atoms with Crippen LogP contribution in [0.25, 0.3) is 10.7 Å². The fraction of sp³-hybridized carbons (Fsp3) is 0.333. The maximum atomic E-state index is 5.93. The van der Waals surface area contributed by atoms with Gasteiger partial charge in [0, 0.05) is 17.1 Å². The van der Waals surface area contributed by atoms with Crippen molar-refractivity contribution in [1.82, 2.24) is 9.97 Å². The first-order valence-electron chi connectivity index (χ1n) is 5.39. The van der Waals surface area contributed by atoms with Crippen LogP contribution in [0.3, 0.4) is 0 Å². The summed E-state index contributed by atoms with van der Waals surface area (Å²) in [5.74, 6) is 0. The minimum Gasteiger partial charge on any atom is -0.323 e. The fourth-order valence-corrected chi connectivity index (χ4v) is 2.65. The molecule has 2 N–H and O–H groups in total. The molecule has 0 aromatic carbocycles. The summed E-state index contributed by atoms with van der Waals surface area (Å²) >= 11 is 1.65. The van der Waals surface area contributed by atoms with Crippen molar-refractivity contribution >= 4 is 11.3 Å². The molecule has 0 radical (unpaired) electrons. The van der Waals surface area contributed by atoms with E-state index in [0.717, 1.165) is 22.8 Å². The van der Waals surface area contributed by atoms with Crippen molar-refractivity contribution in [2.45, 2.75) is 26.3 Å². The quantitative estimate of drug-likeness (QED) is 0.887. The SMILES string of the molecule is CCc1nc(-c2ccccn2)sc1C(C)N. The molecule has 0 saturated heterocycles. The van der Waals surface area contributed by atoms with Gasteiger partial charge in [0.15, 0.2) is 0 Å². The van der Waals surface area contributed by atoms with Gasteiger partial charge in [-0.2, -0.15) is 0 Å². The van der Waals surface area contributed by atoms with Gasteiger partial charge in [-0.1, -0.05) is 13.0 Å². The maximum absolute atomic E-state index is 5.93. The van der Waals surface area contributed by atoms with Crippen LogP contribution in [-0.2, 0) is 6.42 Å². The van der Waals surface area contributed by atoms with Crippen molar-refractivity contribution in [2.24, 2.45) is 5.73 Å². The first-order valence-corrected chi connectivity index (χ1v) is 6.20. The van der Waals surface area contributed by atoms with Gasteiger partial charge in [-0.25, -0.2) is 4.98 Å². The first kappa shape index (κ1) is 11.2. The molecule has 3 nitrogen and oxygen atoms in total. The average Bonchev–Trinajstić information content (AvgIpc) is 2.74. The largest absolute Gasteiger partial charge is 0.323 e. The van der Waals surface area contributed by atoms with Gasteiger partial charge in [-0.3, -0.25) is 4.98 Å². The summed E-state index contributed by atoms with van der Waals surface area (Å²) < 4.78 is 0. The Kier molecular flexibility index (Phi) is 3.31. The molecule has 1 unspecified atom stereocenters. The second-order valence-electron chi connectivity index (χ2n) is 3.69. The molecule has 1 atom stereocenters. The lowest BCUT2D eigenvalue weighted by atomic mass is 10.2. The smallest absolute Gasteiger partial charge is 0.142 e. The van der Waals surface area contributed by atoms with E-state index in [4.69, 9.17) is 5.73 Å². The number of nitrogens with zero attached hydrogens (tertiary/aromatic N) is 2. The van der Waals surface area contributed by atoms with Crippen LogP contribution in [0, 0.1) is 0 Å². The van der Waals surface area contributed by atoms with Gasteiger partial charge in [0.1, 0.15) is 5.01 Å². The topological polar surface area (TPSA) is 51.8 Å². The molecule has 0 fully saturated rings. The molecule has 0 saturated carbocycles. The summed E-state index contributed by atoms with van der Waals surface area (Å²) in [4.78, 5) is 10.1. The molecular formula is C12H15N3S. The number of hydrogen-bond acceptors (Lipinski definition) is 4. The highest BCUT2D eigenvalue weighted by molar-refractivity contribution is 7.15. The molecule has 16 heavy (non-hydrogen) atoms. The molecule has 2 heterocycles. The summed E-state index contributed by atoms with van der Waals surface area (Å²) in [6, 6.07) is 5.90. The minimum atomic E-state index is 0.0462. The van der Waals surface area contributed by atoms with Gasteiger partial charge < -0.3 is 5.73 Å². The van der Waals surface area contributed by atoms with E-state index < -0.39 is 0 Å². The Morgan fingerprint density at radius 1 is 1.44 bits per heavy atom. The summed E-state index contributed by atoms with van der Waals surface area (Å²) in [5, 5.41) is 0.963. The summed E-state index contributed by atoms with van der Waals surface area (Å²) in [5.41, 5.74) is 7.95. The molecular weight excluding hydrogens is 218 g/mol. The molecule has 0 aliphatic rings.